The molecule has 22 nitrogen and oxygen atoms in total. The maximum Gasteiger partial charge on any atom is 0.217 e. The molecule has 4 aliphatic rings. The molecule has 4 heterocycles. The number of carbonyl (C=O) groups is 1. The molecule has 0 aromatic carbocycles. The van der Waals surface area contributed by atoms with Crippen LogP contribution in [0.25, 0.3) is 0 Å². The van der Waals surface area contributed by atoms with Gasteiger partial charge in [0.05, 0.1) is 26.4 Å². The Hall–Kier alpha value is -1.33. The lowest BCUT2D eigenvalue weighted by atomic mass is 9.94. The molecule has 0 spiro atoms. The van der Waals surface area contributed by atoms with E-state index in [0.29, 0.717) is 0 Å². The van der Waals surface area contributed by atoms with E-state index in [1.165, 1.54) is 0 Å². The summed E-state index contributed by atoms with van der Waals surface area (Å²) in [6.07, 6.45) is -33.6. The molecule has 0 aromatic heterocycles. The zero-order valence-corrected chi connectivity index (χ0v) is 25.5. The average molecular weight is 708 g/mol. The first-order valence-electron chi connectivity index (χ1n) is 15.1. The molecule has 48 heavy (non-hydrogen) atoms. The van der Waals surface area contributed by atoms with Gasteiger partial charge in [-0.05, 0) is 0 Å². The normalized spacial score (nSPS) is 50.2. The van der Waals surface area contributed by atoms with Gasteiger partial charge in [0.25, 0.3) is 0 Å². The number of hydrogen-bond acceptors (Lipinski definition) is 21. The lowest BCUT2D eigenvalue weighted by Crippen LogP contribution is -2.69. The van der Waals surface area contributed by atoms with Gasteiger partial charge in [0.15, 0.2) is 25.2 Å². The predicted octanol–water partition coefficient (Wildman–Crippen LogP) is -9.61. The van der Waals surface area contributed by atoms with Crippen LogP contribution in [0, 0.1) is 0 Å². The van der Waals surface area contributed by atoms with E-state index in [1.54, 1.807) is 0 Å². The Labute approximate surface area is 272 Å². The summed E-state index contributed by atoms with van der Waals surface area (Å²) in [5, 5.41) is 136. The van der Waals surface area contributed by atoms with Crippen LogP contribution >= 0.6 is 0 Å². The molecule has 20 atom stereocenters. The number of aliphatic hydroxyl groups is 13. The third-order valence-corrected chi connectivity index (χ3v) is 8.61. The zero-order valence-electron chi connectivity index (χ0n) is 25.5. The van der Waals surface area contributed by atoms with E-state index < -0.39 is 155 Å². The van der Waals surface area contributed by atoms with Gasteiger partial charge in [0.1, 0.15) is 97.6 Å². The van der Waals surface area contributed by atoms with Crippen LogP contribution in [0.2, 0.25) is 0 Å². The van der Waals surface area contributed by atoms with Gasteiger partial charge in [-0.3, -0.25) is 4.79 Å². The summed E-state index contributed by atoms with van der Waals surface area (Å²) < 4.78 is 38.3. The summed E-state index contributed by atoms with van der Waals surface area (Å²) in [4.78, 5) is 12.2. The van der Waals surface area contributed by atoms with Crippen LogP contribution in [0.3, 0.4) is 0 Å². The lowest BCUT2D eigenvalue weighted by Gasteiger charge is -2.49. The highest BCUT2D eigenvalue weighted by molar-refractivity contribution is 5.73. The highest BCUT2D eigenvalue weighted by atomic mass is 16.8. The first-order valence-corrected chi connectivity index (χ1v) is 15.1. The largest absolute Gasteiger partial charge is 0.394 e. The molecule has 0 bridgehead atoms. The SMILES string of the molecule is CC(=O)N[C@H]1[C@H](O[C@H]2[C@@H](O)[C@@H](CO)O[C@@H](O[C@@H]3[C@@H](O)[C@H](O)O[C@H](CO)[C@H]3O)[C@@H]2O)O[C@H](CO)[C@@H](O[C@@H]2O[C@H](CO)[C@H](O)[C@H](O)[C@H]2O)[C@@H]1O. The fraction of sp³-hybridized carbons (Fsp3) is 0.962. The first-order chi connectivity index (χ1) is 22.7. The third-order valence-electron chi connectivity index (χ3n) is 8.61. The molecule has 0 saturated carbocycles. The number of rotatable bonds is 11. The van der Waals surface area contributed by atoms with Gasteiger partial charge in [-0.25, -0.2) is 0 Å². The minimum Gasteiger partial charge on any atom is -0.394 e. The minimum absolute atomic E-state index is 0.757. The Bertz CT molecular complexity index is 1030. The van der Waals surface area contributed by atoms with Gasteiger partial charge in [0, 0.05) is 6.92 Å². The van der Waals surface area contributed by atoms with Gasteiger partial charge < -0.3 is 105 Å². The second-order valence-corrected chi connectivity index (χ2v) is 11.9. The molecule has 4 fully saturated rings. The molecule has 22 heteroatoms. The molecule has 0 radical (unpaired) electrons. The molecule has 0 aromatic rings. The second kappa shape index (κ2) is 16.8. The Morgan fingerprint density at radius 2 is 0.938 bits per heavy atom. The number of amides is 1. The summed E-state index contributed by atoms with van der Waals surface area (Å²) >= 11 is 0. The zero-order chi connectivity index (χ0) is 35.6. The summed E-state index contributed by atoms with van der Waals surface area (Å²) in [7, 11) is 0. The van der Waals surface area contributed by atoms with Crippen molar-refractivity contribution in [2.24, 2.45) is 0 Å². The maximum absolute atomic E-state index is 12.2. The molecule has 4 aliphatic heterocycles. The smallest absolute Gasteiger partial charge is 0.217 e. The number of aliphatic hydroxyl groups excluding tert-OH is 13. The van der Waals surface area contributed by atoms with E-state index in [4.69, 9.17) is 33.2 Å². The van der Waals surface area contributed by atoms with Gasteiger partial charge >= 0.3 is 0 Å². The van der Waals surface area contributed by atoms with Gasteiger partial charge in [-0.1, -0.05) is 0 Å². The molecule has 0 aliphatic carbocycles. The van der Waals surface area contributed by atoms with Crippen LogP contribution in [-0.4, -0.2) is 221 Å². The fourth-order valence-corrected chi connectivity index (χ4v) is 5.94. The Kier molecular flexibility index (Phi) is 13.8. The van der Waals surface area contributed by atoms with Crippen LogP contribution in [-0.2, 0) is 38.0 Å². The third kappa shape index (κ3) is 8.08. The van der Waals surface area contributed by atoms with Crippen LogP contribution < -0.4 is 5.32 Å². The van der Waals surface area contributed by atoms with Gasteiger partial charge in [-0.2, -0.15) is 0 Å². The van der Waals surface area contributed by atoms with E-state index in [0.717, 1.165) is 6.92 Å². The van der Waals surface area contributed by atoms with Crippen LogP contribution in [0.15, 0.2) is 0 Å². The van der Waals surface area contributed by atoms with Crippen molar-refractivity contribution >= 4 is 5.91 Å². The summed E-state index contributed by atoms with van der Waals surface area (Å²) in [5.74, 6) is -0.757. The molecule has 280 valence electrons. The van der Waals surface area contributed by atoms with Crippen LogP contribution in [0.1, 0.15) is 6.92 Å². The van der Waals surface area contributed by atoms with Crippen LogP contribution in [0.5, 0.6) is 0 Å². The van der Waals surface area contributed by atoms with E-state index in [-0.39, 0.29) is 0 Å². The van der Waals surface area contributed by atoms with E-state index >= 15 is 0 Å². The molecule has 0 unspecified atom stereocenters. The molecule has 14 N–H and O–H groups in total. The van der Waals surface area contributed by atoms with Crippen molar-refractivity contribution in [3.8, 4) is 0 Å². The van der Waals surface area contributed by atoms with E-state index in [2.05, 4.69) is 5.32 Å². The van der Waals surface area contributed by atoms with Gasteiger partial charge in [0.2, 0.25) is 5.91 Å². The van der Waals surface area contributed by atoms with Crippen molar-refractivity contribution in [1.82, 2.24) is 5.32 Å². The minimum atomic E-state index is -2.04. The van der Waals surface area contributed by atoms with Crippen molar-refractivity contribution in [3.05, 3.63) is 0 Å². The molecular weight excluding hydrogens is 662 g/mol. The van der Waals surface area contributed by atoms with E-state index in [9.17, 15) is 71.2 Å². The van der Waals surface area contributed by atoms with Crippen molar-refractivity contribution in [3.63, 3.8) is 0 Å². The first kappa shape index (κ1) is 39.5. The summed E-state index contributed by atoms with van der Waals surface area (Å²) in [5.41, 5.74) is 0. The standard InChI is InChI=1S/C26H45NO21/c1-6(32)27-11-15(36)20(46-25-17(38)16(37)12(33)7(2-28)43-25)10(5-31)45-24(11)47-22-14(35)9(4-30)44-26(19(22)40)48-21-13(34)8(3-29)42-23(41)18(21)39/h7-26,28-31,33-41H,2-5H2,1H3,(H,27,32)/t7-,8-,9-,10-,11-,12+,13-,14+,15-,16+,17-,18-,19-,20-,21+,22+,23-,24+,25+,26+/m1/s1. The number of ether oxygens (including phenoxy) is 7. The second-order valence-electron chi connectivity index (χ2n) is 11.9. The number of carbonyl (C=O) groups excluding carboxylic acids is 1. The lowest BCUT2D eigenvalue weighted by molar-refractivity contribution is -0.380. The topological polar surface area (TPSA) is 357 Å². The predicted molar refractivity (Wildman–Crippen MR) is 145 cm³/mol. The van der Waals surface area contributed by atoms with Crippen LogP contribution in [0.4, 0.5) is 0 Å². The maximum atomic E-state index is 12.2. The molecular formula is C26H45NO21. The van der Waals surface area contributed by atoms with Crippen molar-refractivity contribution in [2.75, 3.05) is 26.4 Å². The van der Waals surface area contributed by atoms with Crippen molar-refractivity contribution < 1.29 is 104 Å². The highest BCUT2D eigenvalue weighted by Crippen LogP contribution is 2.34. The van der Waals surface area contributed by atoms with Crippen molar-refractivity contribution in [1.29, 1.82) is 0 Å². The number of hydrogen-bond donors (Lipinski definition) is 14. The average Bonchev–Trinajstić information content (AvgIpc) is 3.06. The molecule has 4 saturated heterocycles. The van der Waals surface area contributed by atoms with Crippen molar-refractivity contribution in [2.45, 2.75) is 130 Å². The van der Waals surface area contributed by atoms with E-state index in [1.807, 2.05) is 0 Å². The summed E-state index contributed by atoms with van der Waals surface area (Å²) in [6.45, 7) is -2.36. The quantitative estimate of drug-likeness (QED) is 0.0947. The Morgan fingerprint density at radius 1 is 0.500 bits per heavy atom. The van der Waals surface area contributed by atoms with Gasteiger partial charge in [-0.15, -0.1) is 0 Å². The molecule has 4 rings (SSSR count). The number of nitrogens with one attached hydrogen (secondary N) is 1. The Morgan fingerprint density at radius 3 is 1.48 bits per heavy atom. The Balaban J connectivity index is 1.56. The monoisotopic (exact) mass is 707 g/mol. The molecule has 1 amide bonds. The summed E-state index contributed by atoms with van der Waals surface area (Å²) in [6, 6.07) is -1.62. The fourth-order valence-electron chi connectivity index (χ4n) is 5.94. The highest BCUT2D eigenvalue weighted by Gasteiger charge is 2.55.